The maximum atomic E-state index is 2.49. The highest BCUT2D eigenvalue weighted by Gasteiger charge is 2.32. The largest absolute Gasteiger partial charge is 0.355 e. The van der Waals surface area contributed by atoms with Gasteiger partial charge in [0.05, 0.1) is 18.0 Å². The van der Waals surface area contributed by atoms with E-state index in [0.29, 0.717) is 0 Å². The fourth-order valence-electron chi connectivity index (χ4n) is 2.74. The number of hydrogen-bond acceptors (Lipinski definition) is 2. The number of nitrogens with zero attached hydrogens (tertiary/aromatic N) is 2. The zero-order valence-corrected chi connectivity index (χ0v) is 11.6. The van der Waals surface area contributed by atoms with Gasteiger partial charge >= 0.3 is 0 Å². The van der Waals surface area contributed by atoms with Gasteiger partial charge in [0, 0.05) is 18.0 Å². The molecule has 0 aromatic heterocycles. The molecular formula is C16H20N2. The zero-order chi connectivity index (χ0) is 12.9. The lowest BCUT2D eigenvalue weighted by Crippen LogP contribution is -2.43. The van der Waals surface area contributed by atoms with Crippen molar-refractivity contribution in [1.82, 2.24) is 0 Å². The average molecular weight is 240 g/mol. The first-order chi connectivity index (χ1) is 8.48. The number of rotatable bonds is 0. The Bertz CT molecular complexity index is 596. The first kappa shape index (κ1) is 11.4. The lowest BCUT2D eigenvalue weighted by molar-refractivity contribution is 0.517. The highest BCUT2D eigenvalue weighted by atomic mass is 15.4. The molecule has 0 fully saturated rings. The van der Waals surface area contributed by atoms with E-state index >= 15 is 0 Å². The molecule has 2 heteroatoms. The molecule has 0 N–H and O–H groups in total. The molecule has 1 heterocycles. The van der Waals surface area contributed by atoms with Crippen LogP contribution in [-0.4, -0.2) is 19.3 Å². The van der Waals surface area contributed by atoms with Gasteiger partial charge in [-0.2, -0.15) is 0 Å². The molecule has 0 unspecified atom stereocenters. The summed E-state index contributed by atoms with van der Waals surface area (Å²) in [7, 11) is 2.17. The second-order valence-corrected chi connectivity index (χ2v) is 6.09. The van der Waals surface area contributed by atoms with Gasteiger partial charge in [-0.15, -0.1) is 0 Å². The Morgan fingerprint density at radius 2 is 1.72 bits per heavy atom. The first-order valence-electron chi connectivity index (χ1n) is 6.49. The van der Waals surface area contributed by atoms with Crippen LogP contribution in [-0.2, 0) is 0 Å². The molecule has 0 saturated heterocycles. The monoisotopic (exact) mass is 240 g/mol. The van der Waals surface area contributed by atoms with Crippen LogP contribution in [0.1, 0.15) is 20.8 Å². The Balaban J connectivity index is 2.31. The van der Waals surface area contributed by atoms with Gasteiger partial charge in [-0.3, -0.25) is 0 Å². The van der Waals surface area contributed by atoms with E-state index in [1.54, 1.807) is 0 Å². The smallest absolute Gasteiger partial charge is 0.0906 e. The summed E-state index contributed by atoms with van der Waals surface area (Å²) in [6.45, 7) is 7.79. The van der Waals surface area contributed by atoms with E-state index in [9.17, 15) is 0 Å². The molecule has 2 aromatic carbocycles. The molecule has 1 aliphatic heterocycles. The fraction of sp³-hybridized carbons (Fsp3) is 0.375. The zero-order valence-electron chi connectivity index (χ0n) is 11.6. The molecular weight excluding hydrogens is 220 g/mol. The minimum absolute atomic E-state index is 0.142. The predicted octanol–water partition coefficient (Wildman–Crippen LogP) is 3.85. The third kappa shape index (κ3) is 1.56. The van der Waals surface area contributed by atoms with Crippen molar-refractivity contribution >= 4 is 22.1 Å². The molecule has 0 amide bonds. The van der Waals surface area contributed by atoms with Gasteiger partial charge in [0.15, 0.2) is 0 Å². The van der Waals surface area contributed by atoms with Gasteiger partial charge in [-0.1, -0.05) is 30.3 Å². The molecule has 18 heavy (non-hydrogen) atoms. The van der Waals surface area contributed by atoms with Crippen LogP contribution in [0, 0.1) is 0 Å². The van der Waals surface area contributed by atoms with Crippen molar-refractivity contribution in [2.75, 3.05) is 23.5 Å². The summed E-state index contributed by atoms with van der Waals surface area (Å²) in [5.41, 5.74) is 2.86. The second kappa shape index (κ2) is 3.64. The van der Waals surface area contributed by atoms with Crippen molar-refractivity contribution in [3.63, 3.8) is 0 Å². The summed E-state index contributed by atoms with van der Waals surface area (Å²) in [6, 6.07) is 13.1. The summed E-state index contributed by atoms with van der Waals surface area (Å²) < 4.78 is 0. The number of anilines is 2. The van der Waals surface area contributed by atoms with Crippen molar-refractivity contribution in [2.24, 2.45) is 0 Å². The highest BCUT2D eigenvalue weighted by molar-refractivity contribution is 6.02. The maximum Gasteiger partial charge on any atom is 0.0906 e. The number of fused-ring (bicyclic) bond motifs is 3. The fourth-order valence-corrected chi connectivity index (χ4v) is 2.74. The van der Waals surface area contributed by atoms with E-state index in [0.717, 1.165) is 6.67 Å². The second-order valence-electron chi connectivity index (χ2n) is 6.09. The van der Waals surface area contributed by atoms with Crippen LogP contribution in [0.2, 0.25) is 0 Å². The first-order valence-corrected chi connectivity index (χ1v) is 6.49. The molecule has 0 radical (unpaired) electrons. The van der Waals surface area contributed by atoms with Gasteiger partial charge in [-0.25, -0.2) is 0 Å². The number of hydrogen-bond donors (Lipinski definition) is 0. The van der Waals surface area contributed by atoms with Gasteiger partial charge in [-0.05, 0) is 32.2 Å². The van der Waals surface area contributed by atoms with E-state index in [2.05, 4.69) is 74.0 Å². The van der Waals surface area contributed by atoms with Crippen LogP contribution in [0.25, 0.3) is 10.8 Å². The molecule has 0 atom stereocenters. The molecule has 0 bridgehead atoms. The maximum absolute atomic E-state index is 2.49. The minimum Gasteiger partial charge on any atom is -0.355 e. The normalized spacial score (nSPS) is 15.3. The van der Waals surface area contributed by atoms with Crippen molar-refractivity contribution in [1.29, 1.82) is 0 Å². The van der Waals surface area contributed by atoms with Gasteiger partial charge in [0.2, 0.25) is 0 Å². The standard InChI is InChI=1S/C16H20N2/c1-16(2,3)18-11-17(4)14-10-9-12-7-5-6-8-13(12)15(14)18/h5-10H,11H2,1-4H3. The van der Waals surface area contributed by atoms with Crippen LogP contribution < -0.4 is 9.80 Å². The van der Waals surface area contributed by atoms with E-state index in [1.807, 2.05) is 0 Å². The molecule has 0 aliphatic carbocycles. The SMILES string of the molecule is CN1CN(C(C)(C)C)c2c1ccc1ccccc21. The van der Waals surface area contributed by atoms with Crippen LogP contribution in [0.4, 0.5) is 11.4 Å². The average Bonchev–Trinajstić information content (AvgIpc) is 2.67. The summed E-state index contributed by atoms with van der Waals surface area (Å²) >= 11 is 0. The molecule has 94 valence electrons. The van der Waals surface area contributed by atoms with E-state index in [4.69, 9.17) is 0 Å². The van der Waals surface area contributed by atoms with E-state index in [-0.39, 0.29) is 5.54 Å². The van der Waals surface area contributed by atoms with Crippen LogP contribution >= 0.6 is 0 Å². The Morgan fingerprint density at radius 3 is 2.44 bits per heavy atom. The Hall–Kier alpha value is -1.70. The third-order valence-corrected chi connectivity index (χ3v) is 3.72. The van der Waals surface area contributed by atoms with E-state index < -0.39 is 0 Å². The molecule has 2 aromatic rings. The Labute approximate surface area is 109 Å². The minimum atomic E-state index is 0.142. The predicted molar refractivity (Wildman–Crippen MR) is 79.5 cm³/mol. The summed E-state index contributed by atoms with van der Waals surface area (Å²) in [5.74, 6) is 0. The summed E-state index contributed by atoms with van der Waals surface area (Å²) in [6.07, 6.45) is 0. The summed E-state index contributed by atoms with van der Waals surface area (Å²) in [4.78, 5) is 4.82. The number of benzene rings is 2. The van der Waals surface area contributed by atoms with E-state index in [1.165, 1.54) is 22.1 Å². The lowest BCUT2D eigenvalue weighted by Gasteiger charge is -2.34. The van der Waals surface area contributed by atoms with Crippen molar-refractivity contribution < 1.29 is 0 Å². The molecule has 0 spiro atoms. The lowest BCUT2D eigenvalue weighted by atomic mass is 10.0. The van der Waals surface area contributed by atoms with Crippen molar-refractivity contribution in [2.45, 2.75) is 26.3 Å². The summed E-state index contributed by atoms with van der Waals surface area (Å²) in [5, 5.41) is 2.68. The van der Waals surface area contributed by atoms with Crippen LogP contribution in [0.15, 0.2) is 36.4 Å². The highest BCUT2D eigenvalue weighted by Crippen LogP contribution is 2.43. The van der Waals surface area contributed by atoms with Gasteiger partial charge in [0.25, 0.3) is 0 Å². The van der Waals surface area contributed by atoms with Gasteiger partial charge in [0.1, 0.15) is 0 Å². The topological polar surface area (TPSA) is 6.48 Å². The van der Waals surface area contributed by atoms with Crippen LogP contribution in [0.3, 0.4) is 0 Å². The van der Waals surface area contributed by atoms with Crippen LogP contribution in [0.5, 0.6) is 0 Å². The third-order valence-electron chi connectivity index (χ3n) is 3.72. The Morgan fingerprint density at radius 1 is 1.00 bits per heavy atom. The van der Waals surface area contributed by atoms with Crippen molar-refractivity contribution in [3.05, 3.63) is 36.4 Å². The Kier molecular flexibility index (Phi) is 2.31. The molecule has 0 saturated carbocycles. The quantitative estimate of drug-likeness (QED) is 0.690. The molecule has 1 aliphatic rings. The van der Waals surface area contributed by atoms with Crippen molar-refractivity contribution in [3.8, 4) is 0 Å². The molecule has 3 rings (SSSR count). The van der Waals surface area contributed by atoms with Gasteiger partial charge < -0.3 is 9.80 Å². The molecule has 2 nitrogen and oxygen atoms in total.